The quantitative estimate of drug-likeness (QED) is 0.0636. The number of halogens is 2. The fourth-order valence-electron chi connectivity index (χ4n) is 9.16. The van der Waals surface area contributed by atoms with Gasteiger partial charge in [0.1, 0.15) is 17.9 Å². The van der Waals surface area contributed by atoms with E-state index in [9.17, 15) is 32.8 Å². The topological polar surface area (TPSA) is 225 Å². The zero-order valence-electron chi connectivity index (χ0n) is 35.5. The Bertz CT molecular complexity index is 2640. The lowest BCUT2D eigenvalue weighted by atomic mass is 9.81. The van der Waals surface area contributed by atoms with Gasteiger partial charge in [0.2, 0.25) is 23.5 Å². The number of nitrogens with two attached hydrogens (primary N) is 1. The Morgan fingerprint density at radius 1 is 1.05 bits per heavy atom. The Hall–Kier alpha value is -6.87. The molecule has 340 valence electrons. The van der Waals surface area contributed by atoms with Gasteiger partial charge in [-0.05, 0) is 48.4 Å². The number of hydrogen-bond donors (Lipinski definition) is 4. The van der Waals surface area contributed by atoms with Crippen molar-refractivity contribution in [3.05, 3.63) is 89.1 Å². The Balaban J connectivity index is 0.817. The van der Waals surface area contributed by atoms with Crippen LogP contribution in [-0.4, -0.2) is 111 Å². The van der Waals surface area contributed by atoms with E-state index in [0.717, 1.165) is 42.6 Å². The molecule has 3 aliphatic heterocycles. The maximum atomic E-state index is 14.8. The first-order valence-corrected chi connectivity index (χ1v) is 21.8. The number of carbonyl (C=O) groups is 5. The normalized spacial score (nSPS) is 18.7. The van der Waals surface area contributed by atoms with Gasteiger partial charge in [-0.1, -0.05) is 31.4 Å². The molecule has 3 fully saturated rings. The number of imide groups is 2. The lowest BCUT2D eigenvalue weighted by Crippen LogP contribution is -2.54. The molecule has 19 nitrogen and oxygen atoms in total. The predicted octanol–water partition coefficient (Wildman–Crippen LogP) is 2.81. The molecule has 1 aliphatic carbocycles. The van der Waals surface area contributed by atoms with Gasteiger partial charge in [0.25, 0.3) is 24.1 Å². The zero-order chi connectivity index (χ0) is 45.2. The van der Waals surface area contributed by atoms with E-state index in [0.29, 0.717) is 76.4 Å². The van der Waals surface area contributed by atoms with Gasteiger partial charge in [0, 0.05) is 63.2 Å². The van der Waals surface area contributed by atoms with Crippen LogP contribution < -0.4 is 35.8 Å². The van der Waals surface area contributed by atoms with Crippen LogP contribution in [0.3, 0.4) is 0 Å². The highest BCUT2D eigenvalue weighted by atomic mass is 19.3. The van der Waals surface area contributed by atoms with Crippen LogP contribution in [0.5, 0.6) is 5.88 Å². The molecular weight excluding hydrogens is 847 g/mol. The number of fused-ring (bicyclic) bond motifs is 2. The van der Waals surface area contributed by atoms with Gasteiger partial charge in [-0.25, -0.2) is 13.8 Å². The Morgan fingerprint density at radius 3 is 2.60 bits per heavy atom. The SMILES string of the molecule is NC(=O)c1cn(-c2cn(C3(CNCc4ccc(OCCCNc5cccc6c5C(=O)N(C5CCC(=O)NC5=O)C6=O)nc4)CCCCC3)nc2C(F)F)[n+]2ccc(N3CCOCC3)nc12. The monoisotopic (exact) mass is 895 g/mol. The molecule has 1 aromatic carbocycles. The Labute approximate surface area is 371 Å². The number of alkyl halides is 2. The summed E-state index contributed by atoms with van der Waals surface area (Å²) in [5.74, 6) is -1.93. The number of nitrogens with one attached hydrogen (secondary N) is 3. The molecular formula is C44H49F2N12O7+. The third-order valence-electron chi connectivity index (χ3n) is 12.5. The highest BCUT2D eigenvalue weighted by molar-refractivity contribution is 6.25. The number of ether oxygens (including phenoxy) is 2. The summed E-state index contributed by atoms with van der Waals surface area (Å²) in [4.78, 5) is 75.4. The van der Waals surface area contributed by atoms with Crippen molar-refractivity contribution < 1.29 is 46.7 Å². The minimum absolute atomic E-state index is 0.0413. The predicted molar refractivity (Wildman–Crippen MR) is 228 cm³/mol. The molecule has 4 aliphatic rings. The first-order valence-electron chi connectivity index (χ1n) is 21.8. The lowest BCUT2D eigenvalue weighted by molar-refractivity contribution is -0.600. The second-order valence-corrected chi connectivity index (χ2v) is 16.6. The van der Waals surface area contributed by atoms with E-state index < -0.39 is 53.2 Å². The van der Waals surface area contributed by atoms with E-state index in [-0.39, 0.29) is 40.9 Å². The van der Waals surface area contributed by atoms with Gasteiger partial charge in [0.15, 0.2) is 11.3 Å². The molecule has 7 heterocycles. The number of aromatic nitrogens is 6. The summed E-state index contributed by atoms with van der Waals surface area (Å²) in [6, 6.07) is 9.31. The number of morpholine rings is 1. The van der Waals surface area contributed by atoms with E-state index in [2.05, 4.69) is 26.0 Å². The number of hydrogen-bond acceptors (Lipinski definition) is 13. The number of rotatable bonds is 16. The fourth-order valence-corrected chi connectivity index (χ4v) is 9.16. The van der Waals surface area contributed by atoms with E-state index >= 15 is 0 Å². The van der Waals surface area contributed by atoms with Gasteiger partial charge >= 0.3 is 5.65 Å². The summed E-state index contributed by atoms with van der Waals surface area (Å²) in [5, 5.41) is 13.5. The van der Waals surface area contributed by atoms with Crippen molar-refractivity contribution in [1.82, 2.24) is 40.0 Å². The van der Waals surface area contributed by atoms with Crippen LogP contribution in [0.2, 0.25) is 0 Å². The molecule has 21 heteroatoms. The number of carbonyl (C=O) groups excluding carboxylic acids is 5. The number of amides is 5. The molecule has 65 heavy (non-hydrogen) atoms. The van der Waals surface area contributed by atoms with E-state index in [4.69, 9.17) is 20.2 Å². The summed E-state index contributed by atoms with van der Waals surface area (Å²) in [5.41, 5.74) is 6.98. The molecule has 9 rings (SSSR count). The van der Waals surface area contributed by atoms with Crippen molar-refractivity contribution in [1.29, 1.82) is 0 Å². The van der Waals surface area contributed by atoms with Crippen LogP contribution in [0.4, 0.5) is 20.3 Å². The minimum Gasteiger partial charge on any atom is -0.478 e. The van der Waals surface area contributed by atoms with Crippen LogP contribution in [0.25, 0.3) is 11.3 Å². The fraction of sp³-hybridized carbons (Fsp3) is 0.432. The molecule has 2 saturated heterocycles. The second kappa shape index (κ2) is 18.3. The second-order valence-electron chi connectivity index (χ2n) is 16.6. The molecule has 1 saturated carbocycles. The summed E-state index contributed by atoms with van der Waals surface area (Å²) >= 11 is 0. The first-order chi connectivity index (χ1) is 31.5. The average Bonchev–Trinajstić information content (AvgIpc) is 4.00. The molecule has 1 atom stereocenters. The minimum atomic E-state index is -2.90. The van der Waals surface area contributed by atoms with E-state index in [1.807, 2.05) is 11.0 Å². The van der Waals surface area contributed by atoms with Gasteiger partial charge in [0.05, 0.1) is 48.9 Å². The highest BCUT2D eigenvalue weighted by Crippen LogP contribution is 2.37. The number of piperidine rings is 1. The third-order valence-corrected chi connectivity index (χ3v) is 12.5. The number of nitrogens with zero attached hydrogens (tertiary/aromatic N) is 8. The molecule has 5 N–H and O–H groups in total. The summed E-state index contributed by atoms with van der Waals surface area (Å²) in [7, 11) is 0. The standard InChI is InChI=1S/C44H48F2N12O7/c45-38(46)37-32(56-24-29(39(47)60)40-51-33(12-16-55(40)56)54-17-20-64-21-18-54)25-57(53-37)44(13-2-1-3-14-44)26-48-22-27-8-11-35(50-23-27)65-19-5-15-49-30-7-4-6-28-36(30)43(63)58(42(28)62)31-9-10-34(59)52-41(31)61/h4,6-8,11-12,16,23-25,31,38,48H,1-3,5,9-10,13-15,17-22,26H2,(H3-,47,49,52,59,60,61,63)/p+1. The smallest absolute Gasteiger partial charge is 0.363 e. The summed E-state index contributed by atoms with van der Waals surface area (Å²) in [6.45, 7) is 3.96. The maximum Gasteiger partial charge on any atom is 0.363 e. The average molecular weight is 896 g/mol. The maximum absolute atomic E-state index is 14.8. The summed E-state index contributed by atoms with van der Waals surface area (Å²) in [6.07, 6.45) is 8.51. The van der Waals surface area contributed by atoms with Crippen LogP contribution in [0.1, 0.15) is 100 Å². The lowest BCUT2D eigenvalue weighted by Gasteiger charge is -2.38. The molecule has 0 bridgehead atoms. The Kier molecular flexibility index (Phi) is 12.2. The molecule has 0 spiro atoms. The van der Waals surface area contributed by atoms with Crippen molar-refractivity contribution in [3.63, 3.8) is 0 Å². The van der Waals surface area contributed by atoms with Crippen LogP contribution in [0, 0.1) is 0 Å². The van der Waals surface area contributed by atoms with Gasteiger partial charge in [-0.2, -0.15) is 9.78 Å². The van der Waals surface area contributed by atoms with Gasteiger partial charge < -0.3 is 30.7 Å². The summed E-state index contributed by atoms with van der Waals surface area (Å²) < 4.78 is 45.7. The molecule has 4 aromatic heterocycles. The van der Waals surface area contributed by atoms with Gasteiger partial charge in [-0.3, -0.25) is 38.9 Å². The number of anilines is 2. The molecule has 0 radical (unpaired) electrons. The molecule has 1 unspecified atom stereocenters. The van der Waals surface area contributed by atoms with Crippen LogP contribution in [0.15, 0.2) is 61.2 Å². The van der Waals surface area contributed by atoms with E-state index in [1.165, 1.54) is 10.9 Å². The van der Waals surface area contributed by atoms with Crippen molar-refractivity contribution in [2.24, 2.45) is 5.73 Å². The van der Waals surface area contributed by atoms with Crippen molar-refractivity contribution >= 4 is 46.7 Å². The zero-order valence-corrected chi connectivity index (χ0v) is 35.5. The highest BCUT2D eigenvalue weighted by Gasteiger charge is 2.46. The Morgan fingerprint density at radius 2 is 1.86 bits per heavy atom. The number of primary amides is 1. The van der Waals surface area contributed by atoms with Crippen LogP contribution in [-0.2, 0) is 26.4 Å². The van der Waals surface area contributed by atoms with Crippen LogP contribution >= 0.6 is 0 Å². The third kappa shape index (κ3) is 8.60. The van der Waals surface area contributed by atoms with E-state index in [1.54, 1.807) is 58.1 Å². The number of benzene rings is 1. The van der Waals surface area contributed by atoms with Crippen molar-refractivity contribution in [2.75, 3.05) is 56.2 Å². The van der Waals surface area contributed by atoms with Crippen molar-refractivity contribution in [2.45, 2.75) is 75.9 Å². The number of pyridine rings is 1. The van der Waals surface area contributed by atoms with Crippen molar-refractivity contribution in [3.8, 4) is 11.6 Å². The van der Waals surface area contributed by atoms with Gasteiger partial charge in [-0.15, -0.1) is 4.52 Å². The largest absolute Gasteiger partial charge is 0.478 e. The molecule has 5 amide bonds. The first kappa shape index (κ1) is 43.4. The molecule has 5 aromatic rings.